The summed E-state index contributed by atoms with van der Waals surface area (Å²) in [5.74, 6) is -14.3. The van der Waals surface area contributed by atoms with Gasteiger partial charge in [-0.2, -0.15) is 17.6 Å². The number of nitrogens with one attached hydrogen (secondary N) is 2. The largest absolute Gasteiger partial charge is 0.573 e. The summed E-state index contributed by atoms with van der Waals surface area (Å²) in [6.45, 7) is 3.36. The lowest BCUT2D eigenvalue weighted by Crippen LogP contribution is -2.54. The summed E-state index contributed by atoms with van der Waals surface area (Å²) in [4.78, 5) is 34.8. The van der Waals surface area contributed by atoms with E-state index < -0.39 is 84.9 Å². The molecule has 4 heterocycles. The lowest BCUT2D eigenvalue weighted by Gasteiger charge is -2.35. The minimum Gasteiger partial charge on any atom is -0.468 e. The van der Waals surface area contributed by atoms with Crippen LogP contribution in [-0.4, -0.2) is 122 Å². The third-order valence-corrected chi connectivity index (χ3v) is 8.22. The Kier molecular flexibility index (Phi) is 15.0. The highest BCUT2D eigenvalue weighted by atomic mass is 19.4. The molecule has 2 aliphatic heterocycles. The number of piperidine rings is 2. The molecular weight excluding hydrogens is 754 g/mol. The van der Waals surface area contributed by atoms with Gasteiger partial charge in [-0.3, -0.25) is 9.59 Å². The number of ether oxygens (including phenoxy) is 4. The molecule has 304 valence electrons. The van der Waals surface area contributed by atoms with Crippen LogP contribution in [0.15, 0.2) is 36.7 Å². The van der Waals surface area contributed by atoms with E-state index in [2.05, 4.69) is 39.5 Å². The lowest BCUT2D eigenvalue weighted by molar-refractivity contribution is -0.276. The van der Waals surface area contributed by atoms with Gasteiger partial charge in [-0.1, -0.05) is 13.8 Å². The van der Waals surface area contributed by atoms with E-state index >= 15 is 0 Å². The predicted octanol–water partition coefficient (Wildman–Crippen LogP) is 4.90. The van der Waals surface area contributed by atoms with E-state index in [0.717, 1.165) is 36.7 Å². The van der Waals surface area contributed by atoms with Gasteiger partial charge in [-0.25, -0.2) is 9.97 Å². The van der Waals surface area contributed by atoms with E-state index in [1.807, 2.05) is 37.7 Å². The molecule has 4 atom stereocenters. The zero-order valence-corrected chi connectivity index (χ0v) is 29.4. The molecule has 12 nitrogen and oxygen atoms in total. The molecule has 0 bridgehead atoms. The Bertz CT molecular complexity index is 1420. The number of halogens is 10. The molecule has 0 saturated carbocycles. The zero-order valence-electron chi connectivity index (χ0n) is 29.4. The molecule has 2 saturated heterocycles. The number of alkyl halides is 10. The van der Waals surface area contributed by atoms with E-state index in [9.17, 15) is 53.5 Å². The Balaban J connectivity index is 0.000000290. The molecule has 54 heavy (non-hydrogen) atoms. The van der Waals surface area contributed by atoms with Crippen LogP contribution in [-0.2, 0) is 9.59 Å². The maximum atomic E-state index is 14.1. The number of hydrogen-bond acceptors (Lipinski definition) is 10. The number of carbonyl (C=O) groups is 2. The molecule has 4 rings (SSSR count). The fourth-order valence-electron chi connectivity index (χ4n) is 5.51. The number of likely N-dealkylation sites (tertiary alicyclic amines) is 2. The van der Waals surface area contributed by atoms with E-state index in [0.29, 0.717) is 39.0 Å². The van der Waals surface area contributed by atoms with Gasteiger partial charge < -0.3 is 39.4 Å². The van der Waals surface area contributed by atoms with Crippen LogP contribution in [0.4, 0.5) is 43.9 Å². The van der Waals surface area contributed by atoms with Crippen LogP contribution in [0.3, 0.4) is 0 Å². The Hall–Kier alpha value is -4.34. The molecule has 0 radical (unpaired) electrons. The third kappa shape index (κ3) is 14.1. The average Bonchev–Trinajstić information content (AvgIpc) is 3.05. The summed E-state index contributed by atoms with van der Waals surface area (Å²) in [5, 5.41) is 4.58. The first-order valence-electron chi connectivity index (χ1n) is 16.4. The lowest BCUT2D eigenvalue weighted by atomic mass is 9.94. The van der Waals surface area contributed by atoms with Crippen LogP contribution < -0.4 is 29.6 Å². The van der Waals surface area contributed by atoms with Crippen LogP contribution in [0, 0.1) is 11.8 Å². The first-order chi connectivity index (χ1) is 25.0. The van der Waals surface area contributed by atoms with E-state index in [4.69, 9.17) is 0 Å². The fraction of sp³-hybridized carbons (Fsp3) is 0.625. The van der Waals surface area contributed by atoms with Crippen LogP contribution in [0.2, 0.25) is 0 Å². The van der Waals surface area contributed by atoms with Crippen molar-refractivity contribution in [2.45, 2.75) is 63.3 Å². The third-order valence-electron chi connectivity index (χ3n) is 8.22. The molecule has 22 heteroatoms. The summed E-state index contributed by atoms with van der Waals surface area (Å²) in [5.41, 5.74) is 0. The number of carbonyl (C=O) groups excluding carboxylic acids is 2. The van der Waals surface area contributed by atoms with E-state index in [1.54, 1.807) is 0 Å². The van der Waals surface area contributed by atoms with Gasteiger partial charge in [0.15, 0.2) is 24.7 Å². The normalized spacial score (nSPS) is 21.6. The van der Waals surface area contributed by atoms with Gasteiger partial charge in [0.05, 0.1) is 0 Å². The molecule has 2 aliphatic rings. The minimum atomic E-state index is -5.04. The van der Waals surface area contributed by atoms with Crippen molar-refractivity contribution in [1.82, 2.24) is 30.4 Å². The number of aromatic nitrogens is 2. The van der Waals surface area contributed by atoms with Crippen molar-refractivity contribution < 1.29 is 72.4 Å². The first-order valence-corrected chi connectivity index (χ1v) is 16.4. The number of hydrogen-bond donors (Lipinski definition) is 2. The van der Waals surface area contributed by atoms with Crippen molar-refractivity contribution in [1.29, 1.82) is 0 Å². The Morgan fingerprint density at radius 2 is 1.04 bits per heavy atom. The standard InChI is InChI=1S/2C16H20F5N3O3/c2*1-10-8-24(2)7-5-11(10)23-14(25)15(17,18)9-26-13-12(4-3-6-22-13)27-16(19,20)21/h2*3-4,6,10-11H,5,7-9H2,1-2H3,(H,23,25)/t2*10-,11-/m10/s1. The van der Waals surface area contributed by atoms with Crippen molar-refractivity contribution >= 4 is 11.8 Å². The minimum absolute atomic E-state index is 0.0213. The molecule has 0 unspecified atom stereocenters. The summed E-state index contributed by atoms with van der Waals surface area (Å²) in [6, 6.07) is 3.15. The molecule has 0 spiro atoms. The van der Waals surface area contributed by atoms with Crippen LogP contribution >= 0.6 is 0 Å². The molecule has 2 amide bonds. The molecule has 2 fully saturated rings. The smallest absolute Gasteiger partial charge is 0.468 e. The number of amides is 2. The molecule has 2 N–H and O–H groups in total. The van der Waals surface area contributed by atoms with Gasteiger partial charge in [0.2, 0.25) is 0 Å². The highest BCUT2D eigenvalue weighted by Gasteiger charge is 2.44. The number of pyridine rings is 2. The van der Waals surface area contributed by atoms with E-state index in [1.165, 1.54) is 0 Å². The second-order valence-electron chi connectivity index (χ2n) is 12.9. The topological polar surface area (TPSA) is 127 Å². The Labute approximate surface area is 303 Å². The summed E-state index contributed by atoms with van der Waals surface area (Å²) in [7, 11) is 3.79. The second-order valence-corrected chi connectivity index (χ2v) is 12.9. The van der Waals surface area contributed by atoms with Crippen molar-refractivity contribution in [3.63, 3.8) is 0 Å². The maximum Gasteiger partial charge on any atom is 0.573 e. The first kappa shape index (κ1) is 44.1. The van der Waals surface area contributed by atoms with Crippen molar-refractivity contribution in [3.8, 4) is 23.3 Å². The highest BCUT2D eigenvalue weighted by molar-refractivity contribution is 5.84. The van der Waals surface area contributed by atoms with Crippen LogP contribution in [0.1, 0.15) is 26.7 Å². The molecule has 2 aromatic rings. The number of rotatable bonds is 12. The van der Waals surface area contributed by atoms with Gasteiger partial charge in [-0.15, -0.1) is 26.3 Å². The van der Waals surface area contributed by atoms with Gasteiger partial charge in [0.1, 0.15) is 0 Å². The van der Waals surface area contributed by atoms with Gasteiger partial charge in [0, 0.05) is 37.6 Å². The van der Waals surface area contributed by atoms with Crippen LogP contribution in [0.25, 0.3) is 0 Å². The van der Waals surface area contributed by atoms with Gasteiger partial charge in [0.25, 0.3) is 23.6 Å². The second kappa shape index (κ2) is 18.3. The number of nitrogens with zero attached hydrogens (tertiary/aromatic N) is 4. The summed E-state index contributed by atoms with van der Waals surface area (Å²) in [6.07, 6.45) is -6.93. The van der Waals surface area contributed by atoms with Crippen LogP contribution in [0.5, 0.6) is 23.3 Å². The Morgan fingerprint density at radius 1 is 0.685 bits per heavy atom. The van der Waals surface area contributed by atoms with Crippen molar-refractivity contribution in [3.05, 3.63) is 36.7 Å². The monoisotopic (exact) mass is 794 g/mol. The summed E-state index contributed by atoms with van der Waals surface area (Å²) >= 11 is 0. The van der Waals surface area contributed by atoms with Crippen molar-refractivity contribution in [2.24, 2.45) is 11.8 Å². The zero-order chi connectivity index (χ0) is 40.5. The summed E-state index contributed by atoms with van der Waals surface area (Å²) < 4.78 is 147. The SMILES string of the molecule is C[C@@H]1CN(C)CC[C@H]1NC(=O)C(F)(F)COc1ncccc1OC(F)(F)F.C[C@H]1CN(C)CC[C@@H]1NC(=O)C(F)(F)COc1ncccc1OC(F)(F)F. The predicted molar refractivity (Wildman–Crippen MR) is 169 cm³/mol. The molecule has 0 aliphatic carbocycles. The van der Waals surface area contributed by atoms with E-state index in [-0.39, 0.29) is 11.8 Å². The fourth-order valence-corrected chi connectivity index (χ4v) is 5.51. The highest BCUT2D eigenvalue weighted by Crippen LogP contribution is 2.32. The maximum absolute atomic E-state index is 14.1. The molecule has 2 aromatic heterocycles. The van der Waals surface area contributed by atoms with Crippen molar-refractivity contribution in [2.75, 3.05) is 53.5 Å². The van der Waals surface area contributed by atoms with Gasteiger partial charge >= 0.3 is 24.6 Å². The average molecular weight is 795 g/mol. The quantitative estimate of drug-likeness (QED) is 0.287. The molecular formula is C32H40F10N6O6. The van der Waals surface area contributed by atoms with Gasteiger partial charge in [-0.05, 0) is 76.1 Å². The molecule has 0 aromatic carbocycles. The Morgan fingerprint density at radius 3 is 1.35 bits per heavy atom.